The first-order valence-corrected chi connectivity index (χ1v) is 7.13. The predicted octanol–water partition coefficient (Wildman–Crippen LogP) is 2.01. The van der Waals surface area contributed by atoms with Crippen molar-refractivity contribution in [3.63, 3.8) is 0 Å². The van der Waals surface area contributed by atoms with Gasteiger partial charge < -0.3 is 9.88 Å². The molecule has 0 fully saturated rings. The van der Waals surface area contributed by atoms with Gasteiger partial charge in [-0.3, -0.25) is 0 Å². The minimum absolute atomic E-state index is 0.291. The minimum Gasteiger partial charge on any atom is -0.307 e. The van der Waals surface area contributed by atoms with E-state index in [-0.39, 0.29) is 0 Å². The molecule has 2 aromatic rings. The van der Waals surface area contributed by atoms with E-state index in [1.54, 1.807) is 11.3 Å². The summed E-state index contributed by atoms with van der Waals surface area (Å²) in [6, 6.07) is 0.291. The van der Waals surface area contributed by atoms with Crippen LogP contribution in [0.2, 0.25) is 0 Å². The maximum Gasteiger partial charge on any atom is 0.183 e. The van der Waals surface area contributed by atoms with Gasteiger partial charge in [-0.15, -0.1) is 21.5 Å². The molecule has 0 saturated carbocycles. The average molecular weight is 263 g/mol. The van der Waals surface area contributed by atoms with Gasteiger partial charge in [0.15, 0.2) is 11.6 Å². The van der Waals surface area contributed by atoms with Crippen molar-refractivity contribution in [3.05, 3.63) is 16.2 Å². The van der Waals surface area contributed by atoms with Gasteiger partial charge in [-0.25, -0.2) is 4.98 Å². The molecule has 0 aliphatic carbocycles. The molecule has 96 valence electrons. The third kappa shape index (κ3) is 1.85. The smallest absolute Gasteiger partial charge is 0.183 e. The Kier molecular flexibility index (Phi) is 2.91. The van der Waals surface area contributed by atoms with Crippen LogP contribution in [0.5, 0.6) is 0 Å². The summed E-state index contributed by atoms with van der Waals surface area (Å²) in [5.41, 5.74) is 0.945. The first-order valence-electron chi connectivity index (χ1n) is 6.26. The molecule has 18 heavy (non-hydrogen) atoms. The monoisotopic (exact) mass is 263 g/mol. The zero-order valence-corrected chi connectivity index (χ0v) is 11.7. The number of rotatable bonds is 2. The second kappa shape index (κ2) is 4.44. The zero-order chi connectivity index (χ0) is 12.7. The number of hydrogen-bond acceptors (Lipinski definition) is 5. The van der Waals surface area contributed by atoms with Gasteiger partial charge in [-0.1, -0.05) is 13.8 Å². The van der Waals surface area contributed by atoms with Crippen LogP contribution in [-0.2, 0) is 6.54 Å². The highest BCUT2D eigenvalue weighted by molar-refractivity contribution is 7.09. The molecule has 0 radical (unpaired) electrons. The maximum atomic E-state index is 4.51. The Morgan fingerprint density at radius 3 is 2.94 bits per heavy atom. The number of aromatic nitrogens is 4. The van der Waals surface area contributed by atoms with Gasteiger partial charge >= 0.3 is 0 Å². The molecule has 0 aromatic carbocycles. The maximum absolute atomic E-state index is 4.51. The van der Waals surface area contributed by atoms with Gasteiger partial charge in [0, 0.05) is 18.5 Å². The highest BCUT2D eigenvalue weighted by Gasteiger charge is 2.27. The summed E-state index contributed by atoms with van der Waals surface area (Å²) in [6.45, 7) is 8.30. The van der Waals surface area contributed by atoms with Crippen molar-refractivity contribution in [2.45, 2.75) is 33.4 Å². The van der Waals surface area contributed by atoms with E-state index >= 15 is 0 Å². The van der Waals surface area contributed by atoms with Crippen LogP contribution in [0, 0.1) is 12.8 Å². The highest BCUT2D eigenvalue weighted by Crippen LogP contribution is 2.28. The summed E-state index contributed by atoms with van der Waals surface area (Å²) in [7, 11) is 0. The number of thiazole rings is 1. The third-order valence-electron chi connectivity index (χ3n) is 3.27. The number of nitrogens with one attached hydrogen (secondary N) is 1. The summed E-state index contributed by atoms with van der Waals surface area (Å²) in [4.78, 5) is 4.51. The number of hydrogen-bond donors (Lipinski definition) is 1. The molecule has 0 bridgehead atoms. The second-order valence-corrected chi connectivity index (χ2v) is 6.02. The lowest BCUT2D eigenvalue weighted by Gasteiger charge is -2.27. The van der Waals surface area contributed by atoms with Crippen molar-refractivity contribution in [1.82, 2.24) is 25.1 Å². The first-order chi connectivity index (χ1) is 8.66. The molecule has 1 aliphatic heterocycles. The molecule has 1 unspecified atom stereocenters. The van der Waals surface area contributed by atoms with E-state index in [2.05, 4.69) is 44.3 Å². The molecule has 1 N–H and O–H groups in total. The largest absolute Gasteiger partial charge is 0.307 e. The van der Waals surface area contributed by atoms with E-state index in [4.69, 9.17) is 0 Å². The summed E-state index contributed by atoms with van der Waals surface area (Å²) in [6.07, 6.45) is 0. The van der Waals surface area contributed by atoms with Crippen LogP contribution in [0.4, 0.5) is 0 Å². The van der Waals surface area contributed by atoms with Crippen molar-refractivity contribution < 1.29 is 0 Å². The molecule has 0 saturated heterocycles. The van der Waals surface area contributed by atoms with E-state index in [1.165, 1.54) is 0 Å². The van der Waals surface area contributed by atoms with Gasteiger partial charge in [0.1, 0.15) is 5.69 Å². The lowest BCUT2D eigenvalue weighted by atomic mass is 10.0. The SMILES string of the molecule is Cc1nc(-c2nnc3n2CCNC3C(C)C)cs1. The molecule has 0 spiro atoms. The second-order valence-electron chi connectivity index (χ2n) is 4.96. The molecule has 6 heteroatoms. The molecular formula is C12H17N5S. The molecule has 3 heterocycles. The first kappa shape index (κ1) is 11.8. The van der Waals surface area contributed by atoms with Crippen molar-refractivity contribution in [2.75, 3.05) is 6.54 Å². The van der Waals surface area contributed by atoms with E-state index in [0.717, 1.165) is 35.4 Å². The minimum atomic E-state index is 0.291. The topological polar surface area (TPSA) is 55.6 Å². The Morgan fingerprint density at radius 1 is 1.44 bits per heavy atom. The van der Waals surface area contributed by atoms with E-state index < -0.39 is 0 Å². The Balaban J connectivity index is 2.04. The fourth-order valence-corrected chi connectivity index (χ4v) is 2.97. The molecule has 5 nitrogen and oxygen atoms in total. The van der Waals surface area contributed by atoms with Gasteiger partial charge in [-0.05, 0) is 12.8 Å². The third-order valence-corrected chi connectivity index (χ3v) is 4.05. The zero-order valence-electron chi connectivity index (χ0n) is 10.8. The normalized spacial score (nSPS) is 19.2. The fraction of sp³-hybridized carbons (Fsp3) is 0.583. The number of fused-ring (bicyclic) bond motifs is 1. The number of aryl methyl sites for hydroxylation is 1. The van der Waals surface area contributed by atoms with Crippen LogP contribution in [0.1, 0.15) is 30.7 Å². The van der Waals surface area contributed by atoms with Crippen LogP contribution in [0.3, 0.4) is 0 Å². The molecule has 1 aliphatic rings. The summed E-state index contributed by atoms with van der Waals surface area (Å²) >= 11 is 1.65. The molecule has 3 rings (SSSR count). The summed E-state index contributed by atoms with van der Waals surface area (Å²) < 4.78 is 2.20. The molecule has 2 aromatic heterocycles. The number of nitrogens with zero attached hydrogens (tertiary/aromatic N) is 4. The van der Waals surface area contributed by atoms with Crippen LogP contribution < -0.4 is 5.32 Å². The molecular weight excluding hydrogens is 246 g/mol. The quantitative estimate of drug-likeness (QED) is 0.900. The Bertz CT molecular complexity index is 557. The van der Waals surface area contributed by atoms with Gasteiger partial charge in [-0.2, -0.15) is 0 Å². The summed E-state index contributed by atoms with van der Waals surface area (Å²) in [5.74, 6) is 2.46. The van der Waals surface area contributed by atoms with Crippen molar-refractivity contribution in [1.29, 1.82) is 0 Å². The average Bonchev–Trinajstić information content (AvgIpc) is 2.93. The lowest BCUT2D eigenvalue weighted by Crippen LogP contribution is -2.36. The Morgan fingerprint density at radius 2 is 2.28 bits per heavy atom. The Hall–Kier alpha value is -1.27. The highest BCUT2D eigenvalue weighted by atomic mass is 32.1. The molecule has 1 atom stereocenters. The van der Waals surface area contributed by atoms with Crippen LogP contribution >= 0.6 is 11.3 Å². The summed E-state index contributed by atoms with van der Waals surface area (Å²) in [5, 5.41) is 15.3. The Labute approximate surface area is 110 Å². The van der Waals surface area contributed by atoms with E-state index in [0.29, 0.717) is 12.0 Å². The van der Waals surface area contributed by atoms with Gasteiger partial charge in [0.25, 0.3) is 0 Å². The van der Waals surface area contributed by atoms with Crippen molar-refractivity contribution in [3.8, 4) is 11.5 Å². The van der Waals surface area contributed by atoms with Crippen LogP contribution in [0.25, 0.3) is 11.5 Å². The standard InChI is InChI=1S/C12H17N5S/c1-7(2)10-12-16-15-11(17(12)5-4-13-10)9-6-18-8(3)14-9/h6-7,10,13H,4-5H2,1-3H3. The fourth-order valence-electron chi connectivity index (χ4n) is 2.38. The lowest BCUT2D eigenvalue weighted by molar-refractivity contribution is 0.339. The van der Waals surface area contributed by atoms with Crippen molar-refractivity contribution in [2.24, 2.45) is 5.92 Å². The predicted molar refractivity (Wildman–Crippen MR) is 71.4 cm³/mol. The van der Waals surface area contributed by atoms with Crippen LogP contribution in [-0.4, -0.2) is 26.3 Å². The van der Waals surface area contributed by atoms with E-state index in [9.17, 15) is 0 Å². The van der Waals surface area contributed by atoms with Gasteiger partial charge in [0.05, 0.1) is 11.0 Å². The molecule has 0 amide bonds. The van der Waals surface area contributed by atoms with E-state index in [1.807, 2.05) is 6.92 Å². The van der Waals surface area contributed by atoms with Gasteiger partial charge in [0.2, 0.25) is 0 Å². The van der Waals surface area contributed by atoms with Crippen LogP contribution in [0.15, 0.2) is 5.38 Å². The van der Waals surface area contributed by atoms with Crippen molar-refractivity contribution >= 4 is 11.3 Å².